The predicted octanol–water partition coefficient (Wildman–Crippen LogP) is 4.55. The van der Waals surface area contributed by atoms with Crippen LogP contribution in [-0.4, -0.2) is 28.7 Å². The molecule has 2 rings (SSSR count). The maximum absolute atomic E-state index is 12.4. The molecule has 2 N–H and O–H groups in total. The Balaban J connectivity index is 2.15. The van der Waals surface area contributed by atoms with Crippen molar-refractivity contribution in [2.24, 2.45) is 0 Å². The summed E-state index contributed by atoms with van der Waals surface area (Å²) in [6.45, 7) is 9.24. The second kappa shape index (κ2) is 10.7. The number of urea groups is 1. The highest BCUT2D eigenvalue weighted by Gasteiger charge is 2.14. The minimum atomic E-state index is -0.595. The van der Waals surface area contributed by atoms with Crippen molar-refractivity contribution in [2.75, 3.05) is 17.2 Å². The van der Waals surface area contributed by atoms with Crippen molar-refractivity contribution in [3.63, 3.8) is 0 Å². The molecule has 1 aromatic heterocycles. The van der Waals surface area contributed by atoms with Gasteiger partial charge in [-0.25, -0.2) is 9.78 Å². The van der Waals surface area contributed by atoms with Crippen molar-refractivity contribution in [1.29, 1.82) is 5.26 Å². The largest absolute Gasteiger partial charge is 0.488 e. The molecule has 8 nitrogen and oxygen atoms in total. The monoisotopic (exact) mass is 413 g/mol. The van der Waals surface area contributed by atoms with Gasteiger partial charge in [0.25, 0.3) is 5.88 Å². The van der Waals surface area contributed by atoms with Gasteiger partial charge in [0.15, 0.2) is 5.82 Å². The first kappa shape index (κ1) is 21.7. The van der Waals surface area contributed by atoms with Crippen LogP contribution in [0.25, 0.3) is 0 Å². The molecule has 150 valence electrons. The van der Waals surface area contributed by atoms with Crippen LogP contribution in [0.1, 0.15) is 19.0 Å². The van der Waals surface area contributed by atoms with Crippen LogP contribution in [0.2, 0.25) is 5.02 Å². The van der Waals surface area contributed by atoms with Gasteiger partial charge >= 0.3 is 6.03 Å². The molecule has 0 saturated carbocycles. The van der Waals surface area contributed by atoms with E-state index in [1.165, 1.54) is 12.3 Å². The van der Waals surface area contributed by atoms with Crippen LogP contribution in [0.15, 0.2) is 49.7 Å². The molecule has 2 amide bonds. The summed E-state index contributed by atoms with van der Waals surface area (Å²) >= 11 is 6.04. The van der Waals surface area contributed by atoms with Crippen molar-refractivity contribution in [3.8, 4) is 17.7 Å². The summed E-state index contributed by atoms with van der Waals surface area (Å²) in [6, 6.07) is 6.17. The van der Waals surface area contributed by atoms with Crippen LogP contribution in [0, 0.1) is 11.3 Å². The summed E-state index contributed by atoms with van der Waals surface area (Å²) in [4.78, 5) is 20.4. The Kier molecular flexibility index (Phi) is 8.00. The Labute approximate surface area is 173 Å². The summed E-state index contributed by atoms with van der Waals surface area (Å²) in [5.41, 5.74) is 0.384. The molecule has 0 bridgehead atoms. The van der Waals surface area contributed by atoms with E-state index in [1.807, 2.05) is 13.0 Å². The lowest BCUT2D eigenvalue weighted by molar-refractivity contribution is 0.226. The van der Waals surface area contributed by atoms with Crippen LogP contribution in [0.3, 0.4) is 0 Å². The standard InChI is InChI=1S/C20H20ClN5O3/c1-4-6-13(3)29-17-8-7-14(21)10-15(17)24-20(27)26-18-12-23-16(11-22)19(25-18)28-9-5-2/h4-5,7-8,10,12-13H,1-2,6,9H2,3H3,(H2,24,25,26,27). The highest BCUT2D eigenvalue weighted by molar-refractivity contribution is 6.31. The fraction of sp³-hybridized carbons (Fsp3) is 0.200. The predicted molar refractivity (Wildman–Crippen MR) is 111 cm³/mol. The van der Waals surface area contributed by atoms with Gasteiger partial charge in [0.05, 0.1) is 18.0 Å². The van der Waals surface area contributed by atoms with Gasteiger partial charge in [0.2, 0.25) is 5.69 Å². The zero-order chi connectivity index (χ0) is 21.2. The van der Waals surface area contributed by atoms with Gasteiger partial charge in [-0.3, -0.25) is 5.32 Å². The SMILES string of the molecule is C=CCOc1nc(NC(=O)Nc2cc(Cl)ccc2OC(C)CC=C)cnc1C#N. The van der Waals surface area contributed by atoms with E-state index < -0.39 is 6.03 Å². The molecule has 0 fully saturated rings. The van der Waals surface area contributed by atoms with Gasteiger partial charge in [-0.1, -0.05) is 30.3 Å². The number of carbonyl (C=O) groups is 1. The van der Waals surface area contributed by atoms with E-state index >= 15 is 0 Å². The molecule has 1 unspecified atom stereocenters. The minimum Gasteiger partial charge on any atom is -0.488 e. The Hall–Kier alpha value is -3.57. The van der Waals surface area contributed by atoms with Gasteiger partial charge in [0, 0.05) is 11.4 Å². The van der Waals surface area contributed by atoms with E-state index in [4.69, 9.17) is 26.3 Å². The number of hydrogen-bond donors (Lipinski definition) is 2. The lowest BCUT2D eigenvalue weighted by atomic mass is 10.2. The van der Waals surface area contributed by atoms with Crippen LogP contribution in [0.4, 0.5) is 16.3 Å². The third-order valence-corrected chi connectivity index (χ3v) is 3.68. The van der Waals surface area contributed by atoms with E-state index in [1.54, 1.807) is 24.3 Å². The molecule has 0 spiro atoms. The van der Waals surface area contributed by atoms with Gasteiger partial charge in [-0.05, 0) is 25.1 Å². The van der Waals surface area contributed by atoms with E-state index in [0.29, 0.717) is 22.9 Å². The summed E-state index contributed by atoms with van der Waals surface area (Å²) < 4.78 is 11.1. The number of amides is 2. The minimum absolute atomic E-state index is 0.000424. The maximum atomic E-state index is 12.4. The Morgan fingerprint density at radius 2 is 2.17 bits per heavy atom. The number of carbonyl (C=O) groups excluding carboxylic acids is 1. The quantitative estimate of drug-likeness (QED) is 0.583. The molecule has 0 aliphatic heterocycles. The molecule has 0 aliphatic carbocycles. The van der Waals surface area contributed by atoms with Crippen molar-refractivity contribution in [2.45, 2.75) is 19.4 Å². The number of benzene rings is 1. The molecule has 1 atom stereocenters. The second-order valence-corrected chi connectivity index (χ2v) is 6.23. The van der Waals surface area contributed by atoms with Crippen LogP contribution >= 0.6 is 11.6 Å². The second-order valence-electron chi connectivity index (χ2n) is 5.79. The number of anilines is 2. The van der Waals surface area contributed by atoms with E-state index in [-0.39, 0.29) is 30.1 Å². The fourth-order valence-corrected chi connectivity index (χ4v) is 2.39. The summed E-state index contributed by atoms with van der Waals surface area (Å²) in [5.74, 6) is 0.556. The van der Waals surface area contributed by atoms with Gasteiger partial charge < -0.3 is 14.8 Å². The molecule has 29 heavy (non-hydrogen) atoms. The number of ether oxygens (including phenoxy) is 2. The molecule has 0 radical (unpaired) electrons. The van der Waals surface area contributed by atoms with Crippen molar-refractivity contribution in [3.05, 3.63) is 60.4 Å². The number of rotatable bonds is 9. The summed E-state index contributed by atoms with van der Waals surface area (Å²) in [7, 11) is 0. The van der Waals surface area contributed by atoms with Crippen LogP contribution in [0.5, 0.6) is 11.6 Å². The zero-order valence-corrected chi connectivity index (χ0v) is 16.6. The smallest absolute Gasteiger partial charge is 0.325 e. The van der Waals surface area contributed by atoms with Gasteiger partial charge in [-0.2, -0.15) is 10.2 Å². The van der Waals surface area contributed by atoms with Crippen molar-refractivity contribution < 1.29 is 14.3 Å². The lowest BCUT2D eigenvalue weighted by Crippen LogP contribution is -2.21. The maximum Gasteiger partial charge on any atom is 0.325 e. The molecule has 1 aromatic carbocycles. The van der Waals surface area contributed by atoms with Gasteiger partial charge in [0.1, 0.15) is 18.4 Å². The summed E-state index contributed by atoms with van der Waals surface area (Å²) in [6.07, 6.45) is 5.01. The highest BCUT2D eigenvalue weighted by Crippen LogP contribution is 2.29. The molecule has 2 aromatic rings. The number of nitrogens with zero attached hydrogens (tertiary/aromatic N) is 3. The number of hydrogen-bond acceptors (Lipinski definition) is 6. The molecular weight excluding hydrogens is 394 g/mol. The van der Waals surface area contributed by atoms with E-state index in [2.05, 4.69) is 33.8 Å². The zero-order valence-electron chi connectivity index (χ0n) is 15.8. The first-order valence-electron chi connectivity index (χ1n) is 8.62. The van der Waals surface area contributed by atoms with Crippen LogP contribution in [-0.2, 0) is 0 Å². The first-order chi connectivity index (χ1) is 14.0. The number of halogens is 1. The first-order valence-corrected chi connectivity index (χ1v) is 9.00. The topological polar surface area (TPSA) is 109 Å². The molecule has 1 heterocycles. The highest BCUT2D eigenvalue weighted by atomic mass is 35.5. The number of aromatic nitrogens is 2. The third-order valence-electron chi connectivity index (χ3n) is 3.44. The van der Waals surface area contributed by atoms with Crippen molar-refractivity contribution in [1.82, 2.24) is 9.97 Å². The normalized spacial score (nSPS) is 10.9. The third kappa shape index (κ3) is 6.52. The van der Waals surface area contributed by atoms with E-state index in [0.717, 1.165) is 0 Å². The van der Waals surface area contributed by atoms with Crippen LogP contribution < -0.4 is 20.1 Å². The fourth-order valence-electron chi connectivity index (χ4n) is 2.22. The van der Waals surface area contributed by atoms with Crippen molar-refractivity contribution >= 4 is 29.1 Å². The van der Waals surface area contributed by atoms with E-state index in [9.17, 15) is 4.79 Å². The average Bonchev–Trinajstić information content (AvgIpc) is 2.68. The average molecular weight is 414 g/mol. The number of nitriles is 1. The Morgan fingerprint density at radius 1 is 1.38 bits per heavy atom. The molecule has 0 aliphatic rings. The molecule has 0 saturated heterocycles. The Bertz CT molecular complexity index is 942. The summed E-state index contributed by atoms with van der Waals surface area (Å²) in [5, 5.41) is 14.7. The Morgan fingerprint density at radius 3 is 2.86 bits per heavy atom. The van der Waals surface area contributed by atoms with Gasteiger partial charge in [-0.15, -0.1) is 6.58 Å². The molecular formula is C20H20ClN5O3. The lowest BCUT2D eigenvalue weighted by Gasteiger charge is -2.17. The number of nitrogens with one attached hydrogen (secondary N) is 2. The molecule has 9 heteroatoms.